The summed E-state index contributed by atoms with van der Waals surface area (Å²) in [7, 11) is 0. The van der Waals surface area contributed by atoms with Crippen molar-refractivity contribution in [3.05, 3.63) is 36.9 Å². The molecule has 1 aliphatic rings. The van der Waals surface area contributed by atoms with Gasteiger partial charge in [0.25, 0.3) is 0 Å². The van der Waals surface area contributed by atoms with Crippen LogP contribution < -0.4 is 10.6 Å². The van der Waals surface area contributed by atoms with Crippen molar-refractivity contribution in [2.24, 2.45) is 5.92 Å². The van der Waals surface area contributed by atoms with E-state index < -0.39 is 6.04 Å². The quantitative estimate of drug-likeness (QED) is 0.777. The zero-order valence-electron chi connectivity index (χ0n) is 15.7. The molecule has 2 N–H and O–H groups in total. The molecule has 1 fully saturated rings. The minimum atomic E-state index is -0.452. The summed E-state index contributed by atoms with van der Waals surface area (Å²) in [6, 6.07) is 6.71. The van der Waals surface area contributed by atoms with Crippen LogP contribution in [0.15, 0.2) is 36.9 Å². The third-order valence-electron chi connectivity index (χ3n) is 5.15. The molecule has 144 valence electrons. The number of aromatic nitrogens is 3. The maximum atomic E-state index is 12.2. The summed E-state index contributed by atoms with van der Waals surface area (Å²) in [5.41, 5.74) is 1.41. The molecule has 1 atom stereocenters. The van der Waals surface area contributed by atoms with Crippen LogP contribution in [0, 0.1) is 5.92 Å². The predicted molar refractivity (Wildman–Crippen MR) is 104 cm³/mol. The van der Waals surface area contributed by atoms with Crippen molar-refractivity contribution in [3.63, 3.8) is 0 Å². The van der Waals surface area contributed by atoms with Crippen LogP contribution in [0.1, 0.15) is 57.9 Å². The molecule has 1 aromatic heterocycles. The second kappa shape index (κ2) is 9.30. The molecular weight excluding hydrogens is 342 g/mol. The van der Waals surface area contributed by atoms with Crippen molar-refractivity contribution in [1.29, 1.82) is 0 Å². The van der Waals surface area contributed by atoms with Gasteiger partial charge in [0.05, 0.1) is 0 Å². The second-order valence-electron chi connectivity index (χ2n) is 7.21. The fourth-order valence-corrected chi connectivity index (χ4v) is 3.46. The highest BCUT2D eigenvalue weighted by atomic mass is 16.2. The normalized spacial score (nSPS) is 15.9. The van der Waals surface area contributed by atoms with E-state index >= 15 is 0 Å². The zero-order chi connectivity index (χ0) is 19.1. The molecule has 3 rings (SSSR count). The summed E-state index contributed by atoms with van der Waals surface area (Å²) < 4.78 is 1.50. The monoisotopic (exact) mass is 369 g/mol. The molecule has 2 aromatic rings. The molecule has 27 heavy (non-hydrogen) atoms. The minimum absolute atomic E-state index is 0.0529. The standard InChI is InChI=1S/C20H27N5O2/c1-15(25-14-21-13-22-25)20(27)24-18-10-8-17(9-11-18)23-19(26)12-7-16-5-3-2-4-6-16/h8-11,13-16H,2-7,12H2,1H3,(H,23,26)(H,24,27)/t15-/m0/s1. The average molecular weight is 369 g/mol. The molecule has 1 heterocycles. The summed E-state index contributed by atoms with van der Waals surface area (Å²) in [6.07, 6.45) is 10.9. The first-order valence-electron chi connectivity index (χ1n) is 9.66. The van der Waals surface area contributed by atoms with E-state index in [2.05, 4.69) is 20.7 Å². The first-order valence-corrected chi connectivity index (χ1v) is 9.66. The molecule has 0 spiro atoms. The van der Waals surface area contributed by atoms with Crippen LogP contribution in [0.3, 0.4) is 0 Å². The maximum Gasteiger partial charge on any atom is 0.249 e. The Morgan fingerprint density at radius 3 is 2.41 bits per heavy atom. The Labute approximate surface area is 159 Å². The molecule has 1 aliphatic carbocycles. The topological polar surface area (TPSA) is 88.9 Å². The highest BCUT2D eigenvalue weighted by Gasteiger charge is 2.16. The zero-order valence-corrected chi connectivity index (χ0v) is 15.7. The van der Waals surface area contributed by atoms with Crippen LogP contribution in [0.5, 0.6) is 0 Å². The van der Waals surface area contributed by atoms with Crippen molar-refractivity contribution in [1.82, 2.24) is 14.8 Å². The first kappa shape index (κ1) is 19.1. The van der Waals surface area contributed by atoms with E-state index in [-0.39, 0.29) is 11.8 Å². The predicted octanol–water partition coefficient (Wildman–Crippen LogP) is 3.78. The molecule has 0 saturated heterocycles. The van der Waals surface area contributed by atoms with Crippen molar-refractivity contribution >= 4 is 23.2 Å². The Bertz CT molecular complexity index is 736. The Balaban J connectivity index is 1.45. The Hall–Kier alpha value is -2.70. The number of benzene rings is 1. The van der Waals surface area contributed by atoms with Gasteiger partial charge in [-0.3, -0.25) is 9.59 Å². The number of hydrogen-bond acceptors (Lipinski definition) is 4. The number of nitrogens with zero attached hydrogens (tertiary/aromatic N) is 3. The van der Waals surface area contributed by atoms with Crippen molar-refractivity contribution in [2.45, 2.75) is 57.9 Å². The van der Waals surface area contributed by atoms with Crippen molar-refractivity contribution < 1.29 is 9.59 Å². The first-order chi connectivity index (χ1) is 13.1. The highest BCUT2D eigenvalue weighted by Crippen LogP contribution is 2.27. The molecule has 1 aromatic carbocycles. The van der Waals surface area contributed by atoms with E-state index in [1.54, 1.807) is 31.2 Å². The van der Waals surface area contributed by atoms with Crippen LogP contribution in [0.4, 0.5) is 11.4 Å². The SMILES string of the molecule is C[C@@H](C(=O)Nc1ccc(NC(=O)CCC2CCCCC2)cc1)n1cncn1. The lowest BCUT2D eigenvalue weighted by atomic mass is 9.86. The van der Waals surface area contributed by atoms with Crippen molar-refractivity contribution in [3.8, 4) is 0 Å². The Kier molecular flexibility index (Phi) is 6.57. The van der Waals surface area contributed by atoms with Gasteiger partial charge in [0.2, 0.25) is 11.8 Å². The summed E-state index contributed by atoms with van der Waals surface area (Å²) >= 11 is 0. The smallest absolute Gasteiger partial charge is 0.249 e. The van der Waals surface area contributed by atoms with Gasteiger partial charge in [-0.1, -0.05) is 32.1 Å². The molecule has 1 saturated carbocycles. The van der Waals surface area contributed by atoms with Gasteiger partial charge in [0.15, 0.2) is 0 Å². The van der Waals surface area contributed by atoms with Crippen LogP contribution in [0.2, 0.25) is 0 Å². The number of hydrogen-bond donors (Lipinski definition) is 2. The van der Waals surface area contributed by atoms with Gasteiger partial charge in [-0.2, -0.15) is 5.10 Å². The highest BCUT2D eigenvalue weighted by molar-refractivity contribution is 5.94. The van der Waals surface area contributed by atoms with Gasteiger partial charge in [0.1, 0.15) is 18.7 Å². The number of carbonyl (C=O) groups excluding carboxylic acids is 2. The summed E-state index contributed by atoms with van der Waals surface area (Å²) in [6.45, 7) is 1.75. The van der Waals surface area contributed by atoms with Crippen molar-refractivity contribution in [2.75, 3.05) is 10.6 Å². The fourth-order valence-electron chi connectivity index (χ4n) is 3.46. The minimum Gasteiger partial charge on any atom is -0.326 e. The lowest BCUT2D eigenvalue weighted by molar-refractivity contribution is -0.119. The summed E-state index contributed by atoms with van der Waals surface area (Å²) in [4.78, 5) is 28.2. The molecular formula is C20H27N5O2. The second-order valence-corrected chi connectivity index (χ2v) is 7.21. The van der Waals surface area contributed by atoms with Crippen LogP contribution in [-0.2, 0) is 9.59 Å². The molecule has 0 bridgehead atoms. The lowest BCUT2D eigenvalue weighted by Gasteiger charge is -2.21. The van der Waals surface area contributed by atoms with Gasteiger partial charge in [0, 0.05) is 17.8 Å². The number of nitrogens with one attached hydrogen (secondary N) is 2. The van der Waals surface area contributed by atoms with E-state index in [0.29, 0.717) is 18.0 Å². The number of rotatable bonds is 7. The molecule has 0 aliphatic heterocycles. The van der Waals surface area contributed by atoms with Gasteiger partial charge < -0.3 is 10.6 Å². The molecule has 7 heteroatoms. The van der Waals surface area contributed by atoms with Crippen LogP contribution in [-0.4, -0.2) is 26.6 Å². The maximum absolute atomic E-state index is 12.2. The number of anilines is 2. The number of carbonyl (C=O) groups is 2. The van der Waals surface area contributed by atoms with Gasteiger partial charge in [-0.15, -0.1) is 0 Å². The van der Waals surface area contributed by atoms with Gasteiger partial charge >= 0.3 is 0 Å². The summed E-state index contributed by atoms with van der Waals surface area (Å²) in [5.74, 6) is 0.580. The molecule has 0 unspecified atom stereocenters. The fraction of sp³-hybridized carbons (Fsp3) is 0.500. The number of amides is 2. The largest absolute Gasteiger partial charge is 0.326 e. The van der Waals surface area contributed by atoms with Crippen LogP contribution in [0.25, 0.3) is 0 Å². The van der Waals surface area contributed by atoms with E-state index in [1.165, 1.54) is 49.4 Å². The Morgan fingerprint density at radius 2 is 1.78 bits per heavy atom. The van der Waals surface area contributed by atoms with E-state index in [1.807, 2.05) is 0 Å². The third-order valence-corrected chi connectivity index (χ3v) is 5.15. The molecule has 0 radical (unpaired) electrons. The molecule has 7 nitrogen and oxygen atoms in total. The van der Waals surface area contributed by atoms with Gasteiger partial charge in [-0.05, 0) is 43.5 Å². The average Bonchev–Trinajstić information content (AvgIpc) is 3.23. The van der Waals surface area contributed by atoms with E-state index in [9.17, 15) is 9.59 Å². The molecule has 2 amide bonds. The summed E-state index contributed by atoms with van der Waals surface area (Å²) in [5, 5.41) is 9.75. The van der Waals surface area contributed by atoms with E-state index in [0.717, 1.165) is 12.1 Å². The van der Waals surface area contributed by atoms with Gasteiger partial charge in [-0.25, -0.2) is 9.67 Å². The lowest BCUT2D eigenvalue weighted by Crippen LogP contribution is -2.24. The van der Waals surface area contributed by atoms with E-state index in [4.69, 9.17) is 0 Å². The Morgan fingerprint density at radius 1 is 1.11 bits per heavy atom. The van der Waals surface area contributed by atoms with Crippen LogP contribution >= 0.6 is 0 Å². The third kappa shape index (κ3) is 5.64.